The molecule has 0 N–H and O–H groups in total. The van der Waals surface area contributed by atoms with Crippen LogP contribution in [0.3, 0.4) is 0 Å². The molecule has 0 saturated heterocycles. The Morgan fingerprint density at radius 3 is 2.17 bits per heavy atom. The fourth-order valence-electron chi connectivity index (χ4n) is 2.44. The van der Waals surface area contributed by atoms with Crippen LogP contribution < -0.4 is 0 Å². The molecule has 0 heterocycles. The molecule has 1 nitrogen and oxygen atoms in total. The van der Waals surface area contributed by atoms with Gasteiger partial charge in [-0.15, -0.1) is 0 Å². The maximum Gasteiger partial charge on any atom is 0.159 e. The van der Waals surface area contributed by atoms with E-state index in [9.17, 15) is 4.79 Å². The Balaban J connectivity index is 0.000000526. The number of benzene rings is 1. The van der Waals surface area contributed by atoms with Crippen molar-refractivity contribution in [2.45, 2.75) is 48.0 Å². The van der Waals surface area contributed by atoms with Gasteiger partial charge in [-0.1, -0.05) is 99.4 Å². The molecule has 0 saturated carbocycles. The molecule has 1 aromatic carbocycles. The largest absolute Gasteiger partial charge is 0.295 e. The van der Waals surface area contributed by atoms with Gasteiger partial charge in [0.25, 0.3) is 0 Å². The maximum atomic E-state index is 11.2. The Morgan fingerprint density at radius 2 is 1.66 bits per heavy atom. The summed E-state index contributed by atoms with van der Waals surface area (Å²) in [6, 6.07) is 7.51. The molecule has 0 amide bonds. The molecule has 1 heteroatoms. The van der Waals surface area contributed by atoms with E-state index in [1.807, 2.05) is 69.3 Å². The van der Waals surface area contributed by atoms with Crippen LogP contribution in [0.15, 0.2) is 103 Å². The molecule has 29 heavy (non-hydrogen) atoms. The monoisotopic (exact) mass is 388 g/mol. The van der Waals surface area contributed by atoms with Crippen LogP contribution in [-0.4, -0.2) is 5.78 Å². The average Bonchev–Trinajstić information content (AvgIpc) is 3.25. The number of hydrogen-bond acceptors (Lipinski definition) is 1. The van der Waals surface area contributed by atoms with Gasteiger partial charge >= 0.3 is 0 Å². The minimum absolute atomic E-state index is 0.0760. The quantitative estimate of drug-likeness (QED) is 0.353. The predicted octanol–water partition coefficient (Wildman–Crippen LogP) is 8.46. The van der Waals surface area contributed by atoms with Gasteiger partial charge in [0.1, 0.15) is 0 Å². The van der Waals surface area contributed by atoms with E-state index in [-0.39, 0.29) is 5.78 Å². The van der Waals surface area contributed by atoms with Crippen molar-refractivity contribution in [3.8, 4) is 0 Å². The Kier molecular flexibility index (Phi) is 13.5. The van der Waals surface area contributed by atoms with E-state index < -0.39 is 0 Å². The molecule has 0 radical (unpaired) electrons. The van der Waals surface area contributed by atoms with Crippen LogP contribution in [0.25, 0.3) is 5.57 Å². The number of Topliss-reactive ketones (excluding diaryl/α,β-unsaturated/α-hetero) is 1. The second-order valence-corrected chi connectivity index (χ2v) is 6.62. The molecule has 0 unspecified atom stereocenters. The Bertz CT molecular complexity index is 835. The van der Waals surface area contributed by atoms with Gasteiger partial charge in [0, 0.05) is 5.56 Å². The second kappa shape index (κ2) is 15.0. The normalized spacial score (nSPS) is 11.9. The predicted molar refractivity (Wildman–Crippen MR) is 131 cm³/mol. The van der Waals surface area contributed by atoms with Gasteiger partial charge in [-0.2, -0.15) is 0 Å². The number of carbonyl (C=O) groups is 1. The lowest BCUT2D eigenvalue weighted by atomic mass is 10.0. The summed E-state index contributed by atoms with van der Waals surface area (Å²) in [5.41, 5.74) is 6.40. The molecule has 0 bridgehead atoms. The van der Waals surface area contributed by atoms with Crippen molar-refractivity contribution in [1.29, 1.82) is 0 Å². The van der Waals surface area contributed by atoms with E-state index in [4.69, 9.17) is 0 Å². The van der Waals surface area contributed by atoms with Crippen molar-refractivity contribution >= 4 is 11.4 Å². The third-order valence-corrected chi connectivity index (χ3v) is 3.89. The van der Waals surface area contributed by atoms with Crippen molar-refractivity contribution in [2.24, 2.45) is 0 Å². The first-order chi connectivity index (χ1) is 13.8. The number of rotatable bonds is 6. The van der Waals surface area contributed by atoms with E-state index in [1.165, 1.54) is 11.1 Å². The highest BCUT2D eigenvalue weighted by atomic mass is 16.1. The third-order valence-electron chi connectivity index (χ3n) is 3.89. The first-order valence-electron chi connectivity index (χ1n) is 10.1. The highest BCUT2D eigenvalue weighted by Gasteiger charge is 2.01. The zero-order valence-electron chi connectivity index (χ0n) is 19.0. The SMILES string of the molecule is C=C(/C=C\C=C/C)c1cccc(C(C)=O)c1.C=C(C=C(C)C)C1=CC=CC1.CC. The van der Waals surface area contributed by atoms with Gasteiger partial charge in [0.2, 0.25) is 0 Å². The second-order valence-electron chi connectivity index (χ2n) is 6.62. The summed E-state index contributed by atoms with van der Waals surface area (Å²) in [5, 5.41) is 0. The summed E-state index contributed by atoms with van der Waals surface area (Å²) in [6.07, 6.45) is 17.3. The molecule has 0 fully saturated rings. The molecule has 1 aliphatic carbocycles. The minimum Gasteiger partial charge on any atom is -0.295 e. The lowest BCUT2D eigenvalue weighted by Gasteiger charge is -2.02. The van der Waals surface area contributed by atoms with Gasteiger partial charge in [0.05, 0.1) is 0 Å². The van der Waals surface area contributed by atoms with Crippen LogP contribution in [-0.2, 0) is 0 Å². The van der Waals surface area contributed by atoms with Gasteiger partial charge in [-0.25, -0.2) is 0 Å². The Morgan fingerprint density at radius 1 is 1.00 bits per heavy atom. The van der Waals surface area contributed by atoms with Crippen LogP contribution in [0.4, 0.5) is 0 Å². The molecule has 2 rings (SSSR count). The third kappa shape index (κ3) is 10.8. The topological polar surface area (TPSA) is 17.1 Å². The summed E-state index contributed by atoms with van der Waals surface area (Å²) in [6.45, 7) is 19.7. The minimum atomic E-state index is 0.0760. The maximum absolute atomic E-state index is 11.2. The lowest BCUT2D eigenvalue weighted by molar-refractivity contribution is 0.101. The van der Waals surface area contributed by atoms with E-state index in [0.29, 0.717) is 0 Å². The van der Waals surface area contributed by atoms with Crippen LogP contribution in [0, 0.1) is 0 Å². The van der Waals surface area contributed by atoms with Crippen molar-refractivity contribution in [3.63, 3.8) is 0 Å². The van der Waals surface area contributed by atoms with Crippen LogP contribution in [0.5, 0.6) is 0 Å². The molecular formula is C28H36O. The Hall–Kier alpha value is -2.93. The zero-order valence-corrected chi connectivity index (χ0v) is 19.0. The van der Waals surface area contributed by atoms with Crippen LogP contribution in [0.2, 0.25) is 0 Å². The van der Waals surface area contributed by atoms with Crippen molar-refractivity contribution < 1.29 is 4.79 Å². The molecule has 1 aromatic rings. The zero-order chi connectivity index (χ0) is 22.2. The number of ketones is 1. The average molecular weight is 389 g/mol. The molecule has 1 aliphatic rings. The van der Waals surface area contributed by atoms with E-state index >= 15 is 0 Å². The number of carbonyl (C=O) groups excluding carboxylic acids is 1. The number of hydrogen-bond donors (Lipinski definition) is 0. The van der Waals surface area contributed by atoms with E-state index in [0.717, 1.165) is 28.7 Å². The van der Waals surface area contributed by atoms with Crippen LogP contribution >= 0.6 is 0 Å². The molecule has 0 aliphatic heterocycles. The van der Waals surface area contributed by atoms with Crippen molar-refractivity contribution in [2.75, 3.05) is 0 Å². The van der Waals surface area contributed by atoms with Crippen LogP contribution in [0.1, 0.15) is 63.9 Å². The molecule has 154 valence electrons. The summed E-state index contributed by atoms with van der Waals surface area (Å²) in [7, 11) is 0. The fourth-order valence-corrected chi connectivity index (χ4v) is 2.44. The molecule has 0 atom stereocenters. The summed E-state index contributed by atoms with van der Waals surface area (Å²) < 4.78 is 0. The Labute approximate surface area is 178 Å². The molecular weight excluding hydrogens is 352 g/mol. The first-order valence-corrected chi connectivity index (χ1v) is 10.1. The molecule has 0 spiro atoms. The highest BCUT2D eigenvalue weighted by molar-refractivity contribution is 5.95. The molecule has 0 aromatic heterocycles. The summed E-state index contributed by atoms with van der Waals surface area (Å²) >= 11 is 0. The van der Waals surface area contributed by atoms with Crippen molar-refractivity contribution in [3.05, 3.63) is 114 Å². The fraction of sp³-hybridized carbons (Fsp3) is 0.250. The first kappa shape index (κ1) is 26.1. The lowest BCUT2D eigenvalue weighted by Crippen LogP contribution is -1.92. The van der Waals surface area contributed by atoms with E-state index in [1.54, 1.807) is 6.92 Å². The van der Waals surface area contributed by atoms with Gasteiger partial charge in [0.15, 0.2) is 5.78 Å². The summed E-state index contributed by atoms with van der Waals surface area (Å²) in [5.74, 6) is 0.0760. The standard InChI is InChI=1S/C15H16O.C11H14.C2H6/c1-4-5-6-8-12(2)14-9-7-10-15(11-14)13(3)16;1-9(2)8-10(3)11-6-4-5-7-11;1-2/h4-11H,2H2,1,3H3;4-6,8H,3,7H2,1-2H3;1-2H3/b5-4-,8-6-;;. The number of allylic oxidation sites excluding steroid dienone is 12. The smallest absolute Gasteiger partial charge is 0.159 e. The van der Waals surface area contributed by atoms with E-state index in [2.05, 4.69) is 51.3 Å². The van der Waals surface area contributed by atoms with Gasteiger partial charge in [-0.3, -0.25) is 4.79 Å². The highest BCUT2D eigenvalue weighted by Crippen LogP contribution is 2.20. The van der Waals surface area contributed by atoms with Gasteiger partial charge < -0.3 is 0 Å². The summed E-state index contributed by atoms with van der Waals surface area (Å²) in [4.78, 5) is 11.2. The van der Waals surface area contributed by atoms with Crippen molar-refractivity contribution in [1.82, 2.24) is 0 Å². The van der Waals surface area contributed by atoms with Gasteiger partial charge in [-0.05, 0) is 62.5 Å².